The van der Waals surface area contributed by atoms with Crippen LogP contribution in [-0.2, 0) is 26.1 Å². The Balaban J connectivity index is 1.52. The summed E-state index contributed by atoms with van der Waals surface area (Å²) in [5.41, 5.74) is 7.93. The Labute approximate surface area is 185 Å². The molecule has 0 N–H and O–H groups in total. The Bertz CT molecular complexity index is 1070. The van der Waals surface area contributed by atoms with Gasteiger partial charge in [-0.05, 0) is 66.8 Å². The third-order valence-corrected chi connectivity index (χ3v) is 5.85. The average Bonchev–Trinajstić information content (AvgIpc) is 3.07. The molecule has 1 aromatic carbocycles. The fraction of sp³-hybridized carbons (Fsp3) is 0.259. The minimum Gasteiger partial charge on any atom is -0.344 e. The summed E-state index contributed by atoms with van der Waals surface area (Å²) < 4.78 is 2.40. The molecule has 0 aliphatic heterocycles. The van der Waals surface area contributed by atoms with Crippen molar-refractivity contribution in [1.82, 2.24) is 19.4 Å². The maximum absolute atomic E-state index is 4.27. The molecule has 0 radical (unpaired) electrons. The Morgan fingerprint density at radius 3 is 2.29 bits per heavy atom. The highest BCUT2D eigenvalue weighted by Crippen LogP contribution is 2.20. The molecule has 0 atom stereocenters. The fourth-order valence-electron chi connectivity index (χ4n) is 4.08. The summed E-state index contributed by atoms with van der Waals surface area (Å²) in [6.07, 6.45) is 8.58. The van der Waals surface area contributed by atoms with E-state index in [-0.39, 0.29) is 0 Å². The van der Waals surface area contributed by atoms with Crippen LogP contribution in [0.2, 0.25) is 0 Å². The second-order valence-corrected chi connectivity index (χ2v) is 8.15. The number of aromatic nitrogens is 3. The number of nitrogens with zero attached hydrogens (tertiary/aromatic N) is 4. The average molecular weight is 411 g/mol. The molecule has 0 bridgehead atoms. The molecule has 0 aliphatic rings. The molecule has 3 aromatic heterocycles. The standard InChI is InChI=1S/C27H30N4/c1-22-17-27(23(2)31(22)20-26-9-6-13-29-18-26)21-30(19-25-10-14-28-15-11-25)16-12-24-7-4-3-5-8-24/h3-11,13-15,17-18H,12,16,19-21H2,1-2H3. The van der Waals surface area contributed by atoms with Gasteiger partial charge in [-0.1, -0.05) is 36.4 Å². The van der Waals surface area contributed by atoms with Crippen LogP contribution in [0.1, 0.15) is 33.6 Å². The van der Waals surface area contributed by atoms with Gasteiger partial charge in [0.25, 0.3) is 0 Å². The van der Waals surface area contributed by atoms with Crippen molar-refractivity contribution in [2.24, 2.45) is 0 Å². The zero-order chi connectivity index (χ0) is 21.5. The van der Waals surface area contributed by atoms with Gasteiger partial charge in [-0.2, -0.15) is 0 Å². The highest BCUT2D eigenvalue weighted by molar-refractivity contribution is 5.28. The summed E-state index contributed by atoms with van der Waals surface area (Å²) in [6, 6.07) is 21.5. The largest absolute Gasteiger partial charge is 0.344 e. The van der Waals surface area contributed by atoms with Crippen molar-refractivity contribution in [1.29, 1.82) is 0 Å². The van der Waals surface area contributed by atoms with Gasteiger partial charge < -0.3 is 4.57 Å². The van der Waals surface area contributed by atoms with E-state index in [9.17, 15) is 0 Å². The third kappa shape index (κ3) is 5.68. The Morgan fingerprint density at radius 1 is 0.774 bits per heavy atom. The maximum Gasteiger partial charge on any atom is 0.0490 e. The Kier molecular flexibility index (Phi) is 6.90. The van der Waals surface area contributed by atoms with Crippen molar-refractivity contribution in [2.45, 2.75) is 39.9 Å². The molecule has 0 saturated heterocycles. The minimum absolute atomic E-state index is 0.861. The van der Waals surface area contributed by atoms with Crippen LogP contribution in [-0.4, -0.2) is 26.0 Å². The molecule has 0 aliphatic carbocycles. The Morgan fingerprint density at radius 2 is 1.55 bits per heavy atom. The van der Waals surface area contributed by atoms with E-state index in [2.05, 4.69) is 87.9 Å². The van der Waals surface area contributed by atoms with Crippen LogP contribution >= 0.6 is 0 Å². The normalized spacial score (nSPS) is 11.2. The second-order valence-electron chi connectivity index (χ2n) is 8.15. The molecule has 0 fully saturated rings. The predicted octanol–water partition coefficient (Wildman–Crippen LogP) is 5.19. The Hall–Kier alpha value is -3.24. The summed E-state index contributed by atoms with van der Waals surface area (Å²) in [4.78, 5) is 11.0. The number of rotatable bonds is 9. The molecule has 0 saturated carbocycles. The molecule has 0 spiro atoms. The number of aryl methyl sites for hydroxylation is 1. The van der Waals surface area contributed by atoms with Crippen LogP contribution in [0.25, 0.3) is 0 Å². The maximum atomic E-state index is 4.27. The molecule has 158 valence electrons. The molecule has 31 heavy (non-hydrogen) atoms. The number of benzene rings is 1. The van der Waals surface area contributed by atoms with Crippen molar-refractivity contribution in [3.8, 4) is 0 Å². The lowest BCUT2D eigenvalue weighted by Crippen LogP contribution is -2.25. The van der Waals surface area contributed by atoms with Gasteiger partial charge in [0.15, 0.2) is 0 Å². The van der Waals surface area contributed by atoms with Crippen molar-refractivity contribution < 1.29 is 0 Å². The van der Waals surface area contributed by atoms with Gasteiger partial charge in [-0.15, -0.1) is 0 Å². The predicted molar refractivity (Wildman–Crippen MR) is 126 cm³/mol. The van der Waals surface area contributed by atoms with Gasteiger partial charge in [-0.25, -0.2) is 0 Å². The minimum atomic E-state index is 0.861. The molecular formula is C27H30N4. The van der Waals surface area contributed by atoms with Crippen LogP contribution in [0.3, 0.4) is 0 Å². The van der Waals surface area contributed by atoms with Crippen molar-refractivity contribution in [2.75, 3.05) is 6.54 Å². The van der Waals surface area contributed by atoms with E-state index in [1.165, 1.54) is 33.6 Å². The van der Waals surface area contributed by atoms with Crippen molar-refractivity contribution >= 4 is 0 Å². The summed E-state index contributed by atoms with van der Waals surface area (Å²) in [7, 11) is 0. The van der Waals surface area contributed by atoms with Crippen LogP contribution in [0.5, 0.6) is 0 Å². The summed E-state index contributed by atoms with van der Waals surface area (Å²) in [6.45, 7) is 8.16. The summed E-state index contributed by atoms with van der Waals surface area (Å²) in [5.74, 6) is 0. The number of hydrogen-bond acceptors (Lipinski definition) is 3. The van der Waals surface area contributed by atoms with Gasteiger partial charge in [0.1, 0.15) is 0 Å². The quantitative estimate of drug-likeness (QED) is 0.381. The smallest absolute Gasteiger partial charge is 0.0490 e. The highest BCUT2D eigenvalue weighted by Gasteiger charge is 2.14. The lowest BCUT2D eigenvalue weighted by molar-refractivity contribution is 0.259. The first-order valence-electron chi connectivity index (χ1n) is 10.9. The molecule has 4 heteroatoms. The van der Waals surface area contributed by atoms with E-state index in [4.69, 9.17) is 0 Å². The monoisotopic (exact) mass is 410 g/mol. The van der Waals surface area contributed by atoms with Crippen LogP contribution in [0, 0.1) is 13.8 Å². The molecule has 0 unspecified atom stereocenters. The van der Waals surface area contributed by atoms with Gasteiger partial charge in [-0.3, -0.25) is 14.9 Å². The number of hydrogen-bond donors (Lipinski definition) is 0. The highest BCUT2D eigenvalue weighted by atomic mass is 15.1. The zero-order valence-corrected chi connectivity index (χ0v) is 18.4. The van der Waals surface area contributed by atoms with Crippen LogP contribution in [0.4, 0.5) is 0 Å². The molecule has 3 heterocycles. The lowest BCUT2D eigenvalue weighted by atomic mass is 10.1. The van der Waals surface area contributed by atoms with Crippen LogP contribution < -0.4 is 0 Å². The van der Waals surface area contributed by atoms with Crippen molar-refractivity contribution in [3.63, 3.8) is 0 Å². The zero-order valence-electron chi connectivity index (χ0n) is 18.4. The summed E-state index contributed by atoms with van der Waals surface area (Å²) >= 11 is 0. The van der Waals surface area contributed by atoms with E-state index >= 15 is 0 Å². The molecule has 4 aromatic rings. The van der Waals surface area contributed by atoms with Gasteiger partial charge in [0.05, 0.1) is 0 Å². The third-order valence-electron chi connectivity index (χ3n) is 5.85. The van der Waals surface area contributed by atoms with Crippen LogP contribution in [0.15, 0.2) is 85.5 Å². The van der Waals surface area contributed by atoms with Crippen molar-refractivity contribution in [3.05, 3.63) is 119 Å². The topological polar surface area (TPSA) is 34.0 Å². The van der Waals surface area contributed by atoms with E-state index in [0.717, 1.165) is 32.6 Å². The van der Waals surface area contributed by atoms with Gasteiger partial charge in [0, 0.05) is 62.4 Å². The first-order chi connectivity index (χ1) is 15.2. The number of pyridine rings is 2. The second kappa shape index (κ2) is 10.2. The first-order valence-corrected chi connectivity index (χ1v) is 10.9. The fourth-order valence-corrected chi connectivity index (χ4v) is 4.08. The van der Waals surface area contributed by atoms with Gasteiger partial charge in [0.2, 0.25) is 0 Å². The van der Waals surface area contributed by atoms with E-state index in [1.54, 1.807) is 0 Å². The molecule has 4 rings (SSSR count). The van der Waals surface area contributed by atoms with E-state index < -0.39 is 0 Å². The molecule has 0 amide bonds. The summed E-state index contributed by atoms with van der Waals surface area (Å²) in [5, 5.41) is 0. The van der Waals surface area contributed by atoms with Gasteiger partial charge >= 0.3 is 0 Å². The molecular weight excluding hydrogens is 380 g/mol. The van der Waals surface area contributed by atoms with E-state index in [0.29, 0.717) is 0 Å². The lowest BCUT2D eigenvalue weighted by Gasteiger charge is -2.23. The van der Waals surface area contributed by atoms with E-state index in [1.807, 2.05) is 30.9 Å². The SMILES string of the molecule is Cc1cc(CN(CCc2ccccc2)Cc2ccncc2)c(C)n1Cc1cccnc1. The first kappa shape index (κ1) is 21.0. The molecule has 4 nitrogen and oxygen atoms in total.